The van der Waals surface area contributed by atoms with Gasteiger partial charge in [-0.3, -0.25) is 14.3 Å². The van der Waals surface area contributed by atoms with Crippen molar-refractivity contribution in [1.82, 2.24) is 29.6 Å². The van der Waals surface area contributed by atoms with Crippen LogP contribution in [0.4, 0.5) is 0 Å². The number of hydrogen-bond donors (Lipinski definition) is 3. The van der Waals surface area contributed by atoms with Crippen LogP contribution >= 0.6 is 0 Å². The Morgan fingerprint density at radius 2 is 1.43 bits per heavy atom. The number of aromatic nitrogens is 5. The second-order valence-corrected chi connectivity index (χ2v) is 11.3. The number of fused-ring (bicyclic) bond motifs is 2. The molecule has 7 rings (SSSR count). The van der Waals surface area contributed by atoms with Gasteiger partial charge in [-0.15, -0.1) is 10.2 Å². The number of aromatic amines is 2. The van der Waals surface area contributed by atoms with E-state index in [2.05, 4.69) is 105 Å². The summed E-state index contributed by atoms with van der Waals surface area (Å²) in [4.78, 5) is 21.3. The van der Waals surface area contributed by atoms with Crippen LogP contribution in [0, 0.1) is 5.92 Å². The number of nitrogens with zero attached hydrogens (tertiary/aromatic N) is 4. The molecule has 1 saturated heterocycles. The number of para-hydroxylation sites is 3. The number of carbonyl (C=O) groups excluding carboxylic acids is 1. The number of piperidine rings is 1. The molecule has 8 nitrogen and oxygen atoms in total. The van der Waals surface area contributed by atoms with E-state index >= 15 is 0 Å². The average Bonchev–Trinajstić information content (AvgIpc) is 3.76. The lowest BCUT2D eigenvalue weighted by Crippen LogP contribution is -2.41. The molecule has 3 aromatic heterocycles. The molecule has 8 heteroatoms. The van der Waals surface area contributed by atoms with Crippen molar-refractivity contribution in [2.24, 2.45) is 11.7 Å². The van der Waals surface area contributed by atoms with Crippen LogP contribution < -0.4 is 5.73 Å². The zero-order valence-corrected chi connectivity index (χ0v) is 23.5. The summed E-state index contributed by atoms with van der Waals surface area (Å²) in [7, 11) is 0. The van der Waals surface area contributed by atoms with E-state index in [1.165, 1.54) is 21.9 Å². The third-order valence-electron chi connectivity index (χ3n) is 8.82. The van der Waals surface area contributed by atoms with Gasteiger partial charge in [0.2, 0.25) is 5.91 Å². The van der Waals surface area contributed by atoms with Crippen LogP contribution in [-0.4, -0.2) is 48.6 Å². The van der Waals surface area contributed by atoms with Crippen LogP contribution in [0.2, 0.25) is 0 Å². The Hall–Kier alpha value is -4.69. The van der Waals surface area contributed by atoms with E-state index in [0.29, 0.717) is 0 Å². The minimum Gasteiger partial charge on any atom is -0.369 e. The third kappa shape index (κ3) is 4.99. The van der Waals surface area contributed by atoms with Crippen LogP contribution in [-0.2, 0) is 24.1 Å². The van der Waals surface area contributed by atoms with E-state index in [9.17, 15) is 4.79 Å². The zero-order chi connectivity index (χ0) is 28.5. The lowest BCUT2D eigenvalue weighted by molar-refractivity contribution is -0.123. The highest BCUT2D eigenvalue weighted by Gasteiger charge is 2.33. The van der Waals surface area contributed by atoms with E-state index in [-0.39, 0.29) is 17.9 Å². The Kier molecular flexibility index (Phi) is 7.05. The molecule has 3 aromatic carbocycles. The summed E-state index contributed by atoms with van der Waals surface area (Å²) < 4.78 is 2.26. The maximum atomic E-state index is 12.0. The highest BCUT2D eigenvalue weighted by Crippen LogP contribution is 2.33. The fraction of sp³-hybridized carbons (Fsp3) is 0.265. The molecule has 0 unspecified atom stereocenters. The lowest BCUT2D eigenvalue weighted by Gasteiger charge is -2.36. The van der Waals surface area contributed by atoms with Crippen molar-refractivity contribution in [2.45, 2.75) is 38.1 Å². The average molecular weight is 558 g/mol. The quantitative estimate of drug-likeness (QED) is 0.218. The normalized spacial score (nSPS) is 15.4. The van der Waals surface area contributed by atoms with Gasteiger partial charge in [-0.05, 0) is 74.2 Å². The molecule has 0 radical (unpaired) electrons. The predicted molar refractivity (Wildman–Crippen MR) is 165 cm³/mol. The van der Waals surface area contributed by atoms with Crippen LogP contribution in [0.5, 0.6) is 0 Å². The number of aryl methyl sites for hydroxylation is 2. The van der Waals surface area contributed by atoms with Crippen molar-refractivity contribution in [3.05, 3.63) is 114 Å². The number of amides is 1. The standard InChI is InChI=1S/C34H35N7O/c35-33(42)23-16-18-40(19-17-23)31(20-25-22-37-30-13-7-5-11-28(25)30)34-39-38-32(41(34)26-8-2-1-3-9-26)15-14-24-21-36-29-12-6-4-10-27(24)29/h1-13,21-23,31,36-37H,14-20H2,(H2,35,42)/t31-/m1/s1. The van der Waals surface area contributed by atoms with Gasteiger partial charge in [0, 0.05) is 52.2 Å². The Balaban J connectivity index is 1.27. The summed E-state index contributed by atoms with van der Waals surface area (Å²) >= 11 is 0. The van der Waals surface area contributed by atoms with Gasteiger partial charge in [-0.25, -0.2) is 0 Å². The van der Waals surface area contributed by atoms with Crippen molar-refractivity contribution in [3.8, 4) is 5.69 Å². The van der Waals surface area contributed by atoms with Crippen molar-refractivity contribution >= 4 is 27.7 Å². The van der Waals surface area contributed by atoms with Gasteiger partial charge < -0.3 is 15.7 Å². The summed E-state index contributed by atoms with van der Waals surface area (Å²) in [5.74, 6) is 1.60. The lowest BCUT2D eigenvalue weighted by atomic mass is 9.93. The predicted octanol–water partition coefficient (Wildman–Crippen LogP) is 5.50. The van der Waals surface area contributed by atoms with Gasteiger partial charge in [-0.2, -0.15) is 0 Å². The number of nitrogens with two attached hydrogens (primary N) is 1. The molecular weight excluding hydrogens is 522 g/mol. The fourth-order valence-electron chi connectivity index (χ4n) is 6.54. The molecule has 0 saturated carbocycles. The largest absolute Gasteiger partial charge is 0.369 e. The second-order valence-electron chi connectivity index (χ2n) is 11.3. The van der Waals surface area contributed by atoms with E-state index in [1.54, 1.807) is 0 Å². The van der Waals surface area contributed by atoms with Crippen molar-refractivity contribution < 1.29 is 4.79 Å². The van der Waals surface area contributed by atoms with E-state index in [0.717, 1.165) is 73.6 Å². The molecule has 0 spiro atoms. The first kappa shape index (κ1) is 26.2. The number of carbonyl (C=O) groups is 1. The van der Waals surface area contributed by atoms with E-state index < -0.39 is 0 Å². The molecule has 6 aromatic rings. The third-order valence-corrected chi connectivity index (χ3v) is 8.82. The van der Waals surface area contributed by atoms with Crippen LogP contribution in [0.25, 0.3) is 27.5 Å². The van der Waals surface area contributed by atoms with E-state index in [1.807, 2.05) is 6.07 Å². The summed E-state index contributed by atoms with van der Waals surface area (Å²) in [6, 6.07) is 27.3. The molecular formula is C34H35N7O. The maximum Gasteiger partial charge on any atom is 0.220 e. The molecule has 1 aliphatic rings. The topological polar surface area (TPSA) is 109 Å². The van der Waals surface area contributed by atoms with Gasteiger partial charge in [0.1, 0.15) is 5.82 Å². The van der Waals surface area contributed by atoms with Gasteiger partial charge in [0.15, 0.2) is 5.82 Å². The molecule has 1 aliphatic heterocycles. The minimum absolute atomic E-state index is 0.0208. The Labute approximate surface area is 244 Å². The molecule has 1 fully saturated rings. The molecule has 0 aliphatic carbocycles. The summed E-state index contributed by atoms with van der Waals surface area (Å²) in [6.07, 6.45) is 8.13. The number of H-pyrrole nitrogens is 2. The van der Waals surface area contributed by atoms with E-state index in [4.69, 9.17) is 15.9 Å². The Bertz CT molecular complexity index is 1820. The van der Waals surface area contributed by atoms with Gasteiger partial charge in [-0.1, -0.05) is 54.6 Å². The highest BCUT2D eigenvalue weighted by molar-refractivity contribution is 5.83. The SMILES string of the molecule is NC(=O)C1CCN([C@H](Cc2c[nH]c3ccccc23)c2nnc(CCc3c[nH]c4ccccc34)n2-c2ccccc2)CC1. The summed E-state index contributed by atoms with van der Waals surface area (Å²) in [6.45, 7) is 1.57. The first-order valence-electron chi connectivity index (χ1n) is 14.8. The van der Waals surface area contributed by atoms with Crippen LogP contribution in [0.3, 0.4) is 0 Å². The number of hydrogen-bond acceptors (Lipinski definition) is 4. The Morgan fingerprint density at radius 1 is 0.810 bits per heavy atom. The molecule has 212 valence electrons. The fourth-order valence-corrected chi connectivity index (χ4v) is 6.54. The molecule has 4 N–H and O–H groups in total. The van der Waals surface area contributed by atoms with Gasteiger partial charge in [0.25, 0.3) is 0 Å². The molecule has 1 atom stereocenters. The summed E-state index contributed by atoms with van der Waals surface area (Å²) in [5.41, 5.74) is 11.5. The molecule has 4 heterocycles. The maximum absolute atomic E-state index is 12.0. The number of primary amides is 1. The second kappa shape index (κ2) is 11.3. The smallest absolute Gasteiger partial charge is 0.220 e. The molecule has 42 heavy (non-hydrogen) atoms. The van der Waals surface area contributed by atoms with Gasteiger partial charge in [0.05, 0.1) is 6.04 Å². The number of benzene rings is 3. The number of rotatable bonds is 9. The minimum atomic E-state index is -0.199. The molecule has 1 amide bonds. The Morgan fingerprint density at radius 3 is 2.12 bits per heavy atom. The van der Waals surface area contributed by atoms with Crippen molar-refractivity contribution in [3.63, 3.8) is 0 Å². The first-order chi connectivity index (χ1) is 20.7. The molecule has 0 bridgehead atoms. The van der Waals surface area contributed by atoms with Crippen LogP contribution in [0.1, 0.15) is 41.7 Å². The van der Waals surface area contributed by atoms with Crippen LogP contribution in [0.15, 0.2) is 91.3 Å². The monoisotopic (exact) mass is 557 g/mol. The van der Waals surface area contributed by atoms with Crippen molar-refractivity contribution in [2.75, 3.05) is 13.1 Å². The van der Waals surface area contributed by atoms with Crippen molar-refractivity contribution in [1.29, 1.82) is 0 Å². The van der Waals surface area contributed by atoms with Gasteiger partial charge >= 0.3 is 0 Å². The summed E-state index contributed by atoms with van der Waals surface area (Å²) in [5, 5.41) is 12.2. The number of nitrogens with one attached hydrogen (secondary N) is 2. The first-order valence-corrected chi connectivity index (χ1v) is 14.8. The zero-order valence-electron chi connectivity index (χ0n) is 23.5. The number of likely N-dealkylation sites (tertiary alicyclic amines) is 1. The highest BCUT2D eigenvalue weighted by atomic mass is 16.1.